The lowest BCUT2D eigenvalue weighted by atomic mass is 10.1. The first-order chi connectivity index (χ1) is 10.2. The van der Waals surface area contributed by atoms with Crippen molar-refractivity contribution in [2.75, 3.05) is 6.61 Å². The predicted molar refractivity (Wildman–Crippen MR) is 79.3 cm³/mol. The number of nitrogens with zero attached hydrogens (tertiary/aromatic N) is 3. The quantitative estimate of drug-likeness (QED) is 0.847. The second kappa shape index (κ2) is 5.68. The normalized spacial score (nSPS) is 14.2. The molecule has 3 rings (SSSR count). The molecule has 0 amide bonds. The average molecular weight is 285 g/mol. The highest BCUT2D eigenvalue weighted by molar-refractivity contribution is 5.86. The van der Waals surface area contributed by atoms with Crippen LogP contribution in [0.3, 0.4) is 0 Å². The minimum Gasteiger partial charge on any atom is -0.462 e. The van der Waals surface area contributed by atoms with Crippen molar-refractivity contribution in [3.05, 3.63) is 29.8 Å². The van der Waals surface area contributed by atoms with Gasteiger partial charge in [-0.1, -0.05) is 36.8 Å². The van der Waals surface area contributed by atoms with E-state index in [0.29, 0.717) is 12.4 Å². The van der Waals surface area contributed by atoms with Crippen LogP contribution >= 0.6 is 0 Å². The monoisotopic (exact) mass is 285 g/mol. The van der Waals surface area contributed by atoms with Crippen molar-refractivity contribution in [3.63, 3.8) is 0 Å². The van der Waals surface area contributed by atoms with Crippen LogP contribution in [0.15, 0.2) is 24.3 Å². The van der Waals surface area contributed by atoms with Crippen molar-refractivity contribution in [2.24, 2.45) is 5.92 Å². The molecule has 110 valence electrons. The van der Waals surface area contributed by atoms with Gasteiger partial charge in [0.05, 0.1) is 6.61 Å². The summed E-state index contributed by atoms with van der Waals surface area (Å²) in [5.74, 6) is 0.678. The van der Waals surface area contributed by atoms with E-state index in [-0.39, 0.29) is 17.8 Å². The van der Waals surface area contributed by atoms with E-state index in [4.69, 9.17) is 4.74 Å². The van der Waals surface area contributed by atoms with Gasteiger partial charge in [0.1, 0.15) is 0 Å². The predicted octanol–water partition coefficient (Wildman–Crippen LogP) is 3.09. The summed E-state index contributed by atoms with van der Waals surface area (Å²) in [6, 6.07) is 8.20. The van der Waals surface area contributed by atoms with Gasteiger partial charge in [0.2, 0.25) is 0 Å². The Morgan fingerprint density at radius 1 is 1.33 bits per heavy atom. The number of carbonyl (C=O) groups is 1. The SMILES string of the molecule is CCCOc1nc(-c2ccc(C)cc2)n(C(=O)C2CC2)n1. The van der Waals surface area contributed by atoms with Crippen LogP contribution < -0.4 is 4.74 Å². The van der Waals surface area contributed by atoms with E-state index in [2.05, 4.69) is 10.1 Å². The lowest BCUT2D eigenvalue weighted by Gasteiger charge is -2.03. The summed E-state index contributed by atoms with van der Waals surface area (Å²) in [4.78, 5) is 16.7. The zero-order valence-electron chi connectivity index (χ0n) is 12.4. The van der Waals surface area contributed by atoms with E-state index >= 15 is 0 Å². The molecule has 0 radical (unpaired) electrons. The maximum atomic E-state index is 12.4. The van der Waals surface area contributed by atoms with Gasteiger partial charge in [0.15, 0.2) is 5.82 Å². The second-order valence-electron chi connectivity index (χ2n) is 5.46. The summed E-state index contributed by atoms with van der Waals surface area (Å²) in [5, 5.41) is 4.24. The van der Waals surface area contributed by atoms with Gasteiger partial charge in [-0.15, -0.1) is 5.10 Å². The molecule has 5 heteroatoms. The molecule has 1 saturated carbocycles. The molecular formula is C16H19N3O2. The number of aromatic nitrogens is 3. The molecule has 1 fully saturated rings. The minimum absolute atomic E-state index is 0.0180. The largest absolute Gasteiger partial charge is 0.462 e. The smallest absolute Gasteiger partial charge is 0.336 e. The molecule has 0 bridgehead atoms. The van der Waals surface area contributed by atoms with Gasteiger partial charge in [-0.3, -0.25) is 4.79 Å². The van der Waals surface area contributed by atoms with E-state index in [1.54, 1.807) is 0 Å². The van der Waals surface area contributed by atoms with E-state index in [1.165, 1.54) is 10.2 Å². The van der Waals surface area contributed by atoms with Crippen LogP contribution in [0, 0.1) is 12.8 Å². The first kappa shape index (κ1) is 13.8. The van der Waals surface area contributed by atoms with Crippen molar-refractivity contribution in [1.82, 2.24) is 14.8 Å². The Morgan fingerprint density at radius 2 is 2.05 bits per heavy atom. The Labute approximate surface area is 124 Å². The molecule has 1 aliphatic carbocycles. The Morgan fingerprint density at radius 3 is 2.67 bits per heavy atom. The molecule has 0 spiro atoms. The molecule has 5 nitrogen and oxygen atoms in total. The third-order valence-electron chi connectivity index (χ3n) is 3.47. The number of hydrogen-bond donors (Lipinski definition) is 0. The Bertz CT molecular complexity index is 642. The van der Waals surface area contributed by atoms with E-state index < -0.39 is 0 Å². The molecule has 1 aliphatic rings. The van der Waals surface area contributed by atoms with Gasteiger partial charge in [-0.2, -0.15) is 9.67 Å². The summed E-state index contributed by atoms with van der Waals surface area (Å²) in [6.07, 6.45) is 2.76. The number of carbonyl (C=O) groups excluding carboxylic acids is 1. The summed E-state index contributed by atoms with van der Waals surface area (Å²) in [7, 11) is 0. The standard InChI is InChI=1S/C16H19N3O2/c1-3-10-21-16-17-14(12-6-4-11(2)5-7-12)19(18-16)15(20)13-8-9-13/h4-7,13H,3,8-10H2,1-2H3. The van der Waals surface area contributed by atoms with Crippen LogP contribution in [0.25, 0.3) is 11.4 Å². The average Bonchev–Trinajstić information content (AvgIpc) is 3.25. The molecule has 21 heavy (non-hydrogen) atoms. The van der Waals surface area contributed by atoms with Crippen molar-refractivity contribution in [1.29, 1.82) is 0 Å². The zero-order chi connectivity index (χ0) is 14.8. The summed E-state index contributed by atoms with van der Waals surface area (Å²) in [5.41, 5.74) is 2.05. The molecule has 1 heterocycles. The number of aryl methyl sites for hydroxylation is 1. The Kier molecular flexibility index (Phi) is 3.73. The highest BCUT2D eigenvalue weighted by Crippen LogP contribution is 2.32. The van der Waals surface area contributed by atoms with Gasteiger partial charge in [0, 0.05) is 11.5 Å². The van der Waals surface area contributed by atoms with Gasteiger partial charge >= 0.3 is 6.01 Å². The summed E-state index contributed by atoms with van der Waals surface area (Å²) in [6.45, 7) is 4.60. The van der Waals surface area contributed by atoms with Crippen molar-refractivity contribution in [2.45, 2.75) is 33.1 Å². The lowest BCUT2D eigenvalue weighted by molar-refractivity contribution is 0.0869. The van der Waals surface area contributed by atoms with Crippen LogP contribution in [0.1, 0.15) is 36.5 Å². The highest BCUT2D eigenvalue weighted by Gasteiger charge is 2.33. The Hall–Kier alpha value is -2.17. The minimum atomic E-state index is 0.0180. The number of rotatable bonds is 5. The van der Waals surface area contributed by atoms with Gasteiger partial charge in [0.25, 0.3) is 5.91 Å². The molecule has 0 saturated heterocycles. The fraction of sp³-hybridized carbons (Fsp3) is 0.438. The number of hydrogen-bond acceptors (Lipinski definition) is 4. The zero-order valence-corrected chi connectivity index (χ0v) is 12.4. The van der Waals surface area contributed by atoms with Gasteiger partial charge in [-0.25, -0.2) is 0 Å². The highest BCUT2D eigenvalue weighted by atomic mass is 16.5. The molecular weight excluding hydrogens is 266 g/mol. The van der Waals surface area contributed by atoms with Crippen LogP contribution in [0.4, 0.5) is 0 Å². The molecule has 2 aromatic rings. The van der Waals surface area contributed by atoms with E-state index in [9.17, 15) is 4.79 Å². The van der Waals surface area contributed by atoms with Crippen LogP contribution in [0.2, 0.25) is 0 Å². The fourth-order valence-electron chi connectivity index (χ4n) is 2.09. The first-order valence-corrected chi connectivity index (χ1v) is 7.40. The molecule has 1 aromatic heterocycles. The van der Waals surface area contributed by atoms with E-state index in [1.807, 2.05) is 38.1 Å². The number of ether oxygens (including phenoxy) is 1. The molecule has 0 unspecified atom stereocenters. The molecule has 0 aliphatic heterocycles. The Balaban J connectivity index is 1.97. The third-order valence-corrected chi connectivity index (χ3v) is 3.47. The third kappa shape index (κ3) is 2.96. The topological polar surface area (TPSA) is 57.0 Å². The van der Waals surface area contributed by atoms with Crippen LogP contribution in [-0.4, -0.2) is 27.3 Å². The molecule has 1 aromatic carbocycles. The maximum absolute atomic E-state index is 12.4. The lowest BCUT2D eigenvalue weighted by Crippen LogP contribution is -2.15. The van der Waals surface area contributed by atoms with Gasteiger partial charge < -0.3 is 4.74 Å². The first-order valence-electron chi connectivity index (χ1n) is 7.40. The molecule has 0 atom stereocenters. The van der Waals surface area contributed by atoms with Crippen LogP contribution in [-0.2, 0) is 0 Å². The fourth-order valence-corrected chi connectivity index (χ4v) is 2.09. The summed E-state index contributed by atoms with van der Waals surface area (Å²) < 4.78 is 6.89. The van der Waals surface area contributed by atoms with Gasteiger partial charge in [-0.05, 0) is 26.2 Å². The maximum Gasteiger partial charge on any atom is 0.336 e. The van der Waals surface area contributed by atoms with E-state index in [0.717, 1.165) is 24.8 Å². The summed E-state index contributed by atoms with van der Waals surface area (Å²) >= 11 is 0. The van der Waals surface area contributed by atoms with Crippen molar-refractivity contribution in [3.8, 4) is 17.4 Å². The van der Waals surface area contributed by atoms with Crippen molar-refractivity contribution >= 4 is 5.91 Å². The second-order valence-corrected chi connectivity index (χ2v) is 5.46. The number of benzene rings is 1. The van der Waals surface area contributed by atoms with Crippen LogP contribution in [0.5, 0.6) is 6.01 Å². The van der Waals surface area contributed by atoms with Crippen molar-refractivity contribution < 1.29 is 9.53 Å². The molecule has 0 N–H and O–H groups in total.